The van der Waals surface area contributed by atoms with E-state index in [-0.39, 0.29) is 33.5 Å². The zero-order chi connectivity index (χ0) is 4.50. The summed E-state index contributed by atoms with van der Waals surface area (Å²) in [6.07, 6.45) is 0. The van der Waals surface area contributed by atoms with Crippen molar-refractivity contribution in [3.8, 4) is 0 Å². The highest BCUT2D eigenvalue weighted by Crippen LogP contribution is 1.73. The van der Waals surface area contributed by atoms with E-state index in [1.807, 2.05) is 0 Å². The summed E-state index contributed by atoms with van der Waals surface area (Å²) in [5.74, 6) is 0. The van der Waals surface area contributed by atoms with Crippen LogP contribution in [0, 0.1) is 0 Å². The highest BCUT2D eigenvalue weighted by atomic mass is 16.0. The molecule has 0 heterocycles. The van der Waals surface area contributed by atoms with Crippen LogP contribution in [0.3, 0.4) is 0 Å². The summed E-state index contributed by atoms with van der Waals surface area (Å²) < 4.78 is 1.00. The molecule has 0 unspecified atom stereocenters. The molecule has 11 heavy (non-hydrogen) atoms. The van der Waals surface area contributed by atoms with Gasteiger partial charge in [-0.3, -0.25) is 0 Å². The molecule has 7 nitrogen and oxygen atoms in total. The molecule has 0 atom stereocenters. The van der Waals surface area contributed by atoms with Gasteiger partial charge in [0.05, 0.1) is 28.2 Å². The quantitative estimate of drug-likeness (QED) is 0.389. The molecule has 12 N–H and O–H groups in total. The Kier molecular flexibility index (Phi) is 150. The van der Waals surface area contributed by atoms with Gasteiger partial charge in [0, 0.05) is 0 Å². The Labute approximate surface area is 67.3 Å². The Morgan fingerprint density at radius 1 is 0.636 bits per heavy atom. The van der Waals surface area contributed by atoms with E-state index in [1.54, 1.807) is 0 Å². The average Bonchev–Trinajstić information content (AvgIpc) is 0.722. The zero-order valence-electron chi connectivity index (χ0n) is 7.60. The van der Waals surface area contributed by atoms with Gasteiger partial charge in [-0.1, -0.05) is 0 Å². The summed E-state index contributed by atoms with van der Waals surface area (Å²) in [5.41, 5.74) is 0. The molecule has 0 fully saturated rings. The second-order valence-electron chi connectivity index (χ2n) is 2.68. The molecule has 0 aromatic rings. The van der Waals surface area contributed by atoms with Crippen LogP contribution in [0.25, 0.3) is 0 Å². The molecule has 0 spiro atoms. The van der Waals surface area contributed by atoms with Gasteiger partial charge >= 0.3 is 0 Å². The second kappa shape index (κ2) is 22.6. The van der Waals surface area contributed by atoms with Crippen LogP contribution in [0.1, 0.15) is 0 Å². The average molecular weight is 180 g/mol. The van der Waals surface area contributed by atoms with Crippen molar-refractivity contribution in [2.75, 3.05) is 28.2 Å². The molecule has 0 saturated heterocycles. The van der Waals surface area contributed by atoms with Crippen molar-refractivity contribution in [3.05, 3.63) is 0 Å². The maximum Gasteiger partial charge on any atom is 0.0675 e. The summed E-state index contributed by atoms with van der Waals surface area (Å²) >= 11 is 0. The number of rotatable bonds is 0. The molecule has 0 aliphatic heterocycles. The van der Waals surface area contributed by atoms with Crippen LogP contribution in [0.2, 0.25) is 0 Å². The van der Waals surface area contributed by atoms with Gasteiger partial charge < -0.3 is 38.0 Å². The molecule has 0 aromatic carbocycles. The normalized spacial score (nSPS) is 5.45. The fraction of sp³-hybridized carbons (Fsp3) is 1.00. The highest BCUT2D eigenvalue weighted by Gasteiger charge is 1.88. The van der Waals surface area contributed by atoms with E-state index in [0.717, 1.165) is 4.48 Å². The van der Waals surface area contributed by atoms with Gasteiger partial charge in [0.1, 0.15) is 0 Å². The molecule has 0 bridgehead atoms. The minimum Gasteiger partial charge on any atom is -0.870 e. The fourth-order valence-corrected chi connectivity index (χ4v) is 0. The van der Waals surface area contributed by atoms with Crippen LogP contribution in [-0.4, -0.2) is 60.1 Å². The van der Waals surface area contributed by atoms with Gasteiger partial charge in [-0.25, -0.2) is 0 Å². The van der Waals surface area contributed by atoms with Gasteiger partial charge in [0.15, 0.2) is 0 Å². The molecule has 0 rings (SSSR count). The van der Waals surface area contributed by atoms with E-state index >= 15 is 0 Å². The van der Waals surface area contributed by atoms with Crippen LogP contribution in [0.4, 0.5) is 0 Å². The lowest BCUT2D eigenvalue weighted by molar-refractivity contribution is -0.849. The number of hydrogen-bond acceptors (Lipinski definition) is 2. The maximum absolute atomic E-state index is 2.12. The summed E-state index contributed by atoms with van der Waals surface area (Å²) in [6.45, 7) is 0. The fourth-order valence-electron chi connectivity index (χ4n) is 0. The van der Waals surface area contributed by atoms with Gasteiger partial charge in [0.2, 0.25) is 0 Å². The molecule has 7 heteroatoms. The first-order chi connectivity index (χ1) is 2.00. The first kappa shape index (κ1) is 73.2. The molecule has 80 valence electrons. The lowest BCUT2D eigenvalue weighted by atomic mass is 10.8. The van der Waals surface area contributed by atoms with E-state index < -0.39 is 0 Å². The van der Waals surface area contributed by atoms with Crippen molar-refractivity contribution >= 4 is 0 Å². The monoisotopic (exact) mass is 180 g/mol. The van der Waals surface area contributed by atoms with Crippen molar-refractivity contribution in [2.45, 2.75) is 0 Å². The van der Waals surface area contributed by atoms with E-state index in [0.29, 0.717) is 0 Å². The number of hydrogen-bond donors (Lipinski definition) is 1. The Morgan fingerprint density at radius 3 is 0.636 bits per heavy atom. The summed E-state index contributed by atoms with van der Waals surface area (Å²) in [5, 5.41) is 0. The van der Waals surface area contributed by atoms with Crippen molar-refractivity contribution in [1.29, 1.82) is 0 Å². The number of nitrogens with zero attached hydrogens (tertiary/aromatic N) is 1. The molecule has 0 aliphatic rings. The Balaban J connectivity index is -0.00000000533. The van der Waals surface area contributed by atoms with Crippen LogP contribution in [0.15, 0.2) is 0 Å². The Bertz CT molecular complexity index is 32.0. The van der Waals surface area contributed by atoms with Crippen molar-refractivity contribution in [3.63, 3.8) is 0 Å². The minimum atomic E-state index is 0. The van der Waals surface area contributed by atoms with E-state index in [9.17, 15) is 0 Å². The number of quaternary nitrogens is 1. The standard InChI is InChI=1S/C4H12N.H3N.5H2O/c1-5(2,3)4;;;;;;/h1-4H3;1H3;5*1H2/q+1;;;;;;/p-1. The highest BCUT2D eigenvalue weighted by molar-refractivity contribution is 3.87. The molecular weight excluding hydrogens is 156 g/mol. The SMILES string of the molecule is C[N+](C)(C)C.N.O.O.O.O.[OH-]. The Morgan fingerprint density at radius 2 is 0.636 bits per heavy atom. The molecule has 0 radical (unpaired) electrons. The van der Waals surface area contributed by atoms with Gasteiger partial charge in [-0.2, -0.15) is 0 Å². The van der Waals surface area contributed by atoms with E-state index in [1.165, 1.54) is 0 Å². The summed E-state index contributed by atoms with van der Waals surface area (Å²) in [6, 6.07) is 0. The molecular formula is C4H24N2O5. The lowest BCUT2D eigenvalue weighted by Crippen LogP contribution is -2.27. The predicted octanol–water partition coefficient (Wildman–Crippen LogP) is -2.99. The molecule has 0 amide bonds. The van der Waals surface area contributed by atoms with Crippen molar-refractivity contribution < 1.29 is 31.9 Å². The third-order valence-corrected chi connectivity index (χ3v) is 0. The van der Waals surface area contributed by atoms with Crippen LogP contribution < -0.4 is 6.15 Å². The van der Waals surface area contributed by atoms with Gasteiger partial charge in [-0.15, -0.1) is 0 Å². The van der Waals surface area contributed by atoms with Gasteiger partial charge in [0.25, 0.3) is 0 Å². The molecule has 0 saturated carbocycles. The first-order valence-electron chi connectivity index (χ1n) is 1.79. The largest absolute Gasteiger partial charge is 0.870 e. The molecule has 0 aromatic heterocycles. The third-order valence-electron chi connectivity index (χ3n) is 0. The predicted molar refractivity (Wildman–Crippen MR) is 45.4 cm³/mol. The van der Waals surface area contributed by atoms with E-state index in [4.69, 9.17) is 0 Å². The minimum absolute atomic E-state index is 0. The van der Waals surface area contributed by atoms with Crippen LogP contribution in [-0.2, 0) is 0 Å². The lowest BCUT2D eigenvalue weighted by Gasteiger charge is -2.14. The van der Waals surface area contributed by atoms with Gasteiger partial charge in [-0.05, 0) is 0 Å². The first-order valence-corrected chi connectivity index (χ1v) is 1.79. The third kappa shape index (κ3) is 7390. The Hall–Kier alpha value is -0.280. The van der Waals surface area contributed by atoms with Crippen molar-refractivity contribution in [1.82, 2.24) is 6.15 Å². The van der Waals surface area contributed by atoms with Crippen LogP contribution >= 0.6 is 0 Å². The topological polar surface area (TPSA) is 191 Å². The maximum atomic E-state index is 2.12. The van der Waals surface area contributed by atoms with E-state index in [2.05, 4.69) is 28.2 Å². The summed E-state index contributed by atoms with van der Waals surface area (Å²) in [7, 11) is 8.50. The smallest absolute Gasteiger partial charge is 0.0675 e. The second-order valence-corrected chi connectivity index (χ2v) is 2.68. The summed E-state index contributed by atoms with van der Waals surface area (Å²) in [4.78, 5) is 0. The van der Waals surface area contributed by atoms with Crippen LogP contribution in [0.5, 0.6) is 0 Å². The van der Waals surface area contributed by atoms with Crippen molar-refractivity contribution in [2.24, 2.45) is 0 Å². The molecule has 0 aliphatic carbocycles. The zero-order valence-corrected chi connectivity index (χ0v) is 7.60.